The molecule has 2 rings (SSSR count). The number of nitrogens with one attached hydrogen (secondary N) is 2. The lowest BCUT2D eigenvalue weighted by atomic mass is 10.1. The Kier molecular flexibility index (Phi) is 10.1. The molecule has 1 fully saturated rings. The van der Waals surface area contributed by atoms with Crippen LogP contribution in [0.4, 0.5) is 13.2 Å². The number of aliphatic imine (C=N–C) groups is 1. The maximum atomic E-state index is 12.7. The average molecular weight is 553 g/mol. The van der Waals surface area contributed by atoms with E-state index in [1.165, 1.54) is 0 Å². The number of hydrogen-bond donors (Lipinski definition) is 2. The maximum Gasteiger partial charge on any atom is 0.511 e. The molecule has 0 radical (unpaired) electrons. The lowest BCUT2D eigenvalue weighted by Gasteiger charge is -2.32. The highest BCUT2D eigenvalue weighted by molar-refractivity contribution is 14.0. The largest absolute Gasteiger partial charge is 0.511 e. The summed E-state index contributed by atoms with van der Waals surface area (Å²) in [4.78, 5) is 4.47. The number of rotatable bonds is 7. The third-order valence-electron chi connectivity index (χ3n) is 4.39. The van der Waals surface area contributed by atoms with Crippen molar-refractivity contribution >= 4 is 40.0 Å². The quantitative estimate of drug-likeness (QED) is 0.300. The molecule has 0 aliphatic carbocycles. The summed E-state index contributed by atoms with van der Waals surface area (Å²) >= 11 is 0. The van der Waals surface area contributed by atoms with Gasteiger partial charge in [-0.1, -0.05) is 6.92 Å². The van der Waals surface area contributed by atoms with Crippen LogP contribution < -0.4 is 10.6 Å². The van der Waals surface area contributed by atoms with Gasteiger partial charge in [-0.05, 0) is 19.8 Å². The van der Waals surface area contributed by atoms with Crippen LogP contribution in [0.25, 0.3) is 0 Å². The topological polar surface area (TPSA) is 105 Å². The van der Waals surface area contributed by atoms with Gasteiger partial charge in [-0.25, -0.2) is 8.42 Å². The van der Waals surface area contributed by atoms with Gasteiger partial charge in [-0.2, -0.15) is 17.5 Å². The Morgan fingerprint density at radius 1 is 1.31 bits per heavy atom. The van der Waals surface area contributed by atoms with E-state index in [1.54, 1.807) is 6.33 Å². The second-order valence-corrected chi connectivity index (χ2v) is 8.25. The van der Waals surface area contributed by atoms with Gasteiger partial charge in [0, 0.05) is 38.6 Å². The number of alkyl halides is 3. The fourth-order valence-electron chi connectivity index (χ4n) is 2.91. The Balaban J connectivity index is 0.00000420. The van der Waals surface area contributed by atoms with Crippen LogP contribution in [0, 0.1) is 0 Å². The van der Waals surface area contributed by atoms with Crippen molar-refractivity contribution in [2.75, 3.05) is 26.2 Å². The summed E-state index contributed by atoms with van der Waals surface area (Å²) in [6.07, 6.45) is 2.95. The number of guanidine groups is 1. The van der Waals surface area contributed by atoms with Crippen molar-refractivity contribution in [1.82, 2.24) is 29.7 Å². The van der Waals surface area contributed by atoms with E-state index in [2.05, 4.69) is 25.8 Å². The molecule has 0 aromatic carbocycles. The molecule has 0 unspecified atom stereocenters. The van der Waals surface area contributed by atoms with Crippen LogP contribution in [0.5, 0.6) is 0 Å². The molecule has 0 saturated carbocycles. The molecule has 29 heavy (non-hydrogen) atoms. The highest BCUT2D eigenvalue weighted by atomic mass is 127. The zero-order valence-electron chi connectivity index (χ0n) is 16.3. The van der Waals surface area contributed by atoms with E-state index < -0.39 is 15.5 Å². The minimum absolute atomic E-state index is 0. The van der Waals surface area contributed by atoms with Gasteiger partial charge in [-0.15, -0.1) is 34.2 Å². The van der Waals surface area contributed by atoms with E-state index in [-0.39, 0.29) is 55.9 Å². The zero-order chi connectivity index (χ0) is 20.8. The molecule has 9 nitrogen and oxygen atoms in total. The molecule has 168 valence electrons. The van der Waals surface area contributed by atoms with Gasteiger partial charge in [0.25, 0.3) is 0 Å². The summed E-state index contributed by atoms with van der Waals surface area (Å²) in [5, 5.41) is 14.1. The Hall–Kier alpha value is -1.16. The normalized spacial score (nSPS) is 17.1. The lowest BCUT2D eigenvalue weighted by molar-refractivity contribution is -0.0494. The van der Waals surface area contributed by atoms with Crippen LogP contribution in [0.15, 0.2) is 11.3 Å². The third kappa shape index (κ3) is 6.94. The van der Waals surface area contributed by atoms with E-state index in [0.29, 0.717) is 29.9 Å². The molecule has 2 heterocycles. The van der Waals surface area contributed by atoms with Crippen LogP contribution in [0.3, 0.4) is 0 Å². The molecular formula is C15H27F3IN7O2S. The molecule has 1 saturated heterocycles. The third-order valence-corrected chi connectivity index (χ3v) is 6.02. The summed E-state index contributed by atoms with van der Waals surface area (Å²) < 4.78 is 63.3. The predicted octanol–water partition coefficient (Wildman–Crippen LogP) is 1.33. The molecule has 2 N–H and O–H groups in total. The lowest BCUT2D eigenvalue weighted by Crippen LogP contribution is -2.51. The van der Waals surface area contributed by atoms with E-state index in [0.717, 1.165) is 12.2 Å². The molecular weight excluding hydrogens is 526 g/mol. The number of hydrogen-bond acceptors (Lipinski definition) is 5. The summed E-state index contributed by atoms with van der Waals surface area (Å²) in [6, 6.07) is -0.154. The van der Waals surface area contributed by atoms with Gasteiger partial charge >= 0.3 is 15.5 Å². The highest BCUT2D eigenvalue weighted by Crippen LogP contribution is 2.28. The first-order valence-corrected chi connectivity index (χ1v) is 10.6. The molecule has 1 aromatic rings. The molecule has 0 amide bonds. The standard InChI is InChI=1S/C15H26F3N7O2S.HI/c1-3-13-23-21-11-24(13)10-7-20-14(19-4-2)22-12-5-8-25(9-6-12)28(26,27)15(16,17)18;/h11-12H,3-10H2,1-2H3,(H2,19,20,22);1H. The van der Waals surface area contributed by atoms with E-state index in [1.807, 2.05) is 18.4 Å². The number of sulfonamides is 1. The van der Waals surface area contributed by atoms with Gasteiger partial charge in [0.05, 0.1) is 6.54 Å². The maximum absolute atomic E-state index is 12.7. The van der Waals surface area contributed by atoms with Crippen molar-refractivity contribution in [2.24, 2.45) is 4.99 Å². The first-order chi connectivity index (χ1) is 13.2. The van der Waals surface area contributed by atoms with Crippen LogP contribution in [0.2, 0.25) is 0 Å². The molecule has 0 bridgehead atoms. The first kappa shape index (κ1) is 25.9. The molecule has 1 aliphatic heterocycles. The molecule has 14 heteroatoms. The number of piperidine rings is 1. The highest BCUT2D eigenvalue weighted by Gasteiger charge is 2.50. The van der Waals surface area contributed by atoms with Crippen LogP contribution in [-0.4, -0.2) is 71.2 Å². The van der Waals surface area contributed by atoms with Gasteiger partial charge in [0.2, 0.25) is 0 Å². The van der Waals surface area contributed by atoms with Crippen LogP contribution in [-0.2, 0) is 23.0 Å². The monoisotopic (exact) mass is 553 g/mol. The van der Waals surface area contributed by atoms with Crippen molar-refractivity contribution in [3.63, 3.8) is 0 Å². The van der Waals surface area contributed by atoms with Gasteiger partial charge in [-0.3, -0.25) is 4.99 Å². The number of aryl methyl sites for hydroxylation is 1. The Labute approximate surface area is 185 Å². The van der Waals surface area contributed by atoms with E-state index in [4.69, 9.17) is 0 Å². The smallest absolute Gasteiger partial charge is 0.357 e. The fraction of sp³-hybridized carbons (Fsp3) is 0.800. The summed E-state index contributed by atoms with van der Waals surface area (Å²) in [7, 11) is -5.26. The van der Waals surface area contributed by atoms with Crippen molar-refractivity contribution in [1.29, 1.82) is 0 Å². The number of aromatic nitrogens is 3. The van der Waals surface area contributed by atoms with Crippen molar-refractivity contribution in [2.45, 2.75) is 51.2 Å². The second-order valence-electron chi connectivity index (χ2n) is 6.32. The summed E-state index contributed by atoms with van der Waals surface area (Å²) in [6.45, 7) is 5.24. The fourth-order valence-corrected chi connectivity index (χ4v) is 3.89. The van der Waals surface area contributed by atoms with Gasteiger partial charge in [0.15, 0.2) is 5.96 Å². The van der Waals surface area contributed by atoms with E-state index in [9.17, 15) is 21.6 Å². The Bertz CT molecular complexity index is 762. The molecule has 1 aromatic heterocycles. The molecule has 0 atom stereocenters. The SMILES string of the molecule is CCNC(=NCCn1cnnc1CC)NC1CCN(S(=O)(=O)C(F)(F)F)CC1.I. The van der Waals surface area contributed by atoms with Gasteiger partial charge in [0.1, 0.15) is 12.2 Å². The minimum atomic E-state index is -5.26. The van der Waals surface area contributed by atoms with Gasteiger partial charge < -0.3 is 15.2 Å². The molecule has 0 spiro atoms. The summed E-state index contributed by atoms with van der Waals surface area (Å²) in [5.41, 5.74) is -5.26. The van der Waals surface area contributed by atoms with Crippen molar-refractivity contribution in [3.8, 4) is 0 Å². The minimum Gasteiger partial charge on any atom is -0.357 e. The van der Waals surface area contributed by atoms with Crippen LogP contribution in [0.1, 0.15) is 32.5 Å². The Morgan fingerprint density at radius 2 is 1.97 bits per heavy atom. The number of halogens is 4. The van der Waals surface area contributed by atoms with Crippen LogP contribution >= 0.6 is 24.0 Å². The van der Waals surface area contributed by atoms with E-state index >= 15 is 0 Å². The van der Waals surface area contributed by atoms with Crippen molar-refractivity contribution in [3.05, 3.63) is 12.2 Å². The zero-order valence-corrected chi connectivity index (χ0v) is 19.5. The summed E-state index contributed by atoms with van der Waals surface area (Å²) in [5.74, 6) is 1.41. The second kappa shape index (κ2) is 11.3. The first-order valence-electron chi connectivity index (χ1n) is 9.17. The molecule has 1 aliphatic rings. The number of nitrogens with zero attached hydrogens (tertiary/aromatic N) is 5. The Morgan fingerprint density at radius 3 is 2.52 bits per heavy atom. The van der Waals surface area contributed by atoms with Crippen molar-refractivity contribution < 1.29 is 21.6 Å². The average Bonchev–Trinajstić information content (AvgIpc) is 3.09. The predicted molar refractivity (Wildman–Crippen MR) is 113 cm³/mol.